The first-order valence-corrected chi connectivity index (χ1v) is 15.3. The molecule has 0 aromatic carbocycles. The van der Waals surface area contributed by atoms with Crippen LogP contribution in [-0.2, 0) is 0 Å². The first-order valence-electron chi connectivity index (χ1n) is 11.2. The van der Waals surface area contributed by atoms with Crippen molar-refractivity contribution in [3.63, 3.8) is 0 Å². The SMILES string of the molecule is CCCCCCCCCCCCCCC1CCC([Si](C)(C)Cl)CC1. The molecule has 0 N–H and O–H groups in total. The van der Waals surface area contributed by atoms with Crippen LogP contribution in [-0.4, -0.2) is 7.38 Å². The second-order valence-electron chi connectivity index (χ2n) is 8.96. The smallest absolute Gasteiger partial charge is 0.153 e. The zero-order valence-electron chi connectivity index (χ0n) is 17.1. The third-order valence-electron chi connectivity index (χ3n) is 6.28. The largest absolute Gasteiger partial charge is 0.167 e. The van der Waals surface area contributed by atoms with Crippen molar-refractivity contribution < 1.29 is 0 Å². The Morgan fingerprint density at radius 1 is 0.667 bits per heavy atom. The average Bonchev–Trinajstić information content (AvgIpc) is 2.55. The van der Waals surface area contributed by atoms with Crippen molar-refractivity contribution in [2.75, 3.05) is 0 Å². The molecular formula is C22H45ClSi. The zero-order chi connectivity index (χ0) is 17.7. The molecule has 1 rings (SSSR count). The van der Waals surface area contributed by atoms with E-state index in [1.165, 1.54) is 109 Å². The predicted octanol–water partition coefficient (Wildman–Crippen LogP) is 9.08. The maximum atomic E-state index is 6.63. The van der Waals surface area contributed by atoms with Crippen LogP contribution in [0.15, 0.2) is 0 Å². The van der Waals surface area contributed by atoms with Gasteiger partial charge < -0.3 is 0 Å². The van der Waals surface area contributed by atoms with Crippen molar-refractivity contribution >= 4 is 18.5 Å². The summed E-state index contributed by atoms with van der Waals surface area (Å²) in [6, 6.07) is 0. The fourth-order valence-corrected chi connectivity index (χ4v) is 6.77. The highest BCUT2D eigenvalue weighted by Gasteiger charge is 2.33. The summed E-state index contributed by atoms with van der Waals surface area (Å²) in [7, 11) is -1.38. The maximum absolute atomic E-state index is 6.63. The summed E-state index contributed by atoms with van der Waals surface area (Å²) in [5.74, 6) is 1.03. The number of hydrogen-bond donors (Lipinski definition) is 0. The van der Waals surface area contributed by atoms with E-state index in [0.717, 1.165) is 11.5 Å². The second-order valence-corrected chi connectivity index (χ2v) is 15.8. The summed E-state index contributed by atoms with van der Waals surface area (Å²) < 4.78 is 0. The summed E-state index contributed by atoms with van der Waals surface area (Å²) in [5.41, 5.74) is 0.886. The molecule has 0 unspecified atom stereocenters. The van der Waals surface area contributed by atoms with Crippen LogP contribution < -0.4 is 0 Å². The van der Waals surface area contributed by atoms with Crippen LogP contribution in [0.25, 0.3) is 0 Å². The molecule has 0 aliphatic heterocycles. The third-order valence-corrected chi connectivity index (χ3v) is 9.73. The second kappa shape index (κ2) is 13.7. The fourth-order valence-electron chi connectivity index (χ4n) is 4.41. The van der Waals surface area contributed by atoms with Gasteiger partial charge in [-0.1, -0.05) is 129 Å². The minimum atomic E-state index is -1.38. The van der Waals surface area contributed by atoms with Gasteiger partial charge in [-0.05, 0) is 11.5 Å². The monoisotopic (exact) mass is 372 g/mol. The zero-order valence-corrected chi connectivity index (χ0v) is 18.8. The molecule has 1 fully saturated rings. The van der Waals surface area contributed by atoms with Gasteiger partial charge in [-0.3, -0.25) is 0 Å². The van der Waals surface area contributed by atoms with Gasteiger partial charge in [0.25, 0.3) is 0 Å². The lowest BCUT2D eigenvalue weighted by Gasteiger charge is -2.34. The molecule has 0 bridgehead atoms. The molecule has 1 saturated carbocycles. The van der Waals surface area contributed by atoms with Crippen LogP contribution in [0.1, 0.15) is 116 Å². The van der Waals surface area contributed by atoms with Crippen LogP contribution in [0.5, 0.6) is 0 Å². The molecule has 0 aromatic rings. The third kappa shape index (κ3) is 11.2. The van der Waals surface area contributed by atoms with Crippen molar-refractivity contribution in [3.8, 4) is 0 Å². The minimum Gasteiger partial charge on any atom is -0.167 e. The van der Waals surface area contributed by atoms with Crippen LogP contribution in [0.2, 0.25) is 18.6 Å². The van der Waals surface area contributed by atoms with Crippen LogP contribution >= 0.6 is 11.1 Å². The molecule has 1 aliphatic carbocycles. The van der Waals surface area contributed by atoms with E-state index in [1.807, 2.05) is 0 Å². The Morgan fingerprint density at radius 3 is 1.50 bits per heavy atom. The highest BCUT2D eigenvalue weighted by molar-refractivity contribution is 7.19. The minimum absolute atomic E-state index is 0.886. The maximum Gasteiger partial charge on any atom is 0.153 e. The Morgan fingerprint density at radius 2 is 1.08 bits per heavy atom. The van der Waals surface area contributed by atoms with Crippen LogP contribution in [0.4, 0.5) is 0 Å². The van der Waals surface area contributed by atoms with E-state index in [0.29, 0.717) is 0 Å². The standard InChI is InChI=1S/C22H45ClSi/c1-4-5-6-7-8-9-10-11-12-13-14-15-16-21-17-19-22(20-18-21)24(2,3)23/h21-22H,4-20H2,1-3H3. The molecule has 0 saturated heterocycles. The Hall–Kier alpha value is 0.507. The van der Waals surface area contributed by atoms with E-state index in [2.05, 4.69) is 20.0 Å². The molecule has 1 aliphatic rings. The average molecular weight is 373 g/mol. The Bertz CT molecular complexity index is 276. The Balaban J connectivity index is 1.83. The van der Waals surface area contributed by atoms with Crippen molar-refractivity contribution in [2.45, 2.75) is 135 Å². The van der Waals surface area contributed by atoms with Crippen LogP contribution in [0.3, 0.4) is 0 Å². The lowest BCUT2D eigenvalue weighted by molar-refractivity contribution is 0.325. The predicted molar refractivity (Wildman–Crippen MR) is 115 cm³/mol. The lowest BCUT2D eigenvalue weighted by atomic mass is 9.85. The number of unbranched alkanes of at least 4 members (excludes halogenated alkanes) is 11. The molecule has 0 spiro atoms. The van der Waals surface area contributed by atoms with E-state index < -0.39 is 7.38 Å². The van der Waals surface area contributed by atoms with Crippen molar-refractivity contribution in [1.82, 2.24) is 0 Å². The van der Waals surface area contributed by atoms with Gasteiger partial charge in [0.1, 0.15) is 0 Å². The summed E-state index contributed by atoms with van der Waals surface area (Å²) in [4.78, 5) is 0. The summed E-state index contributed by atoms with van der Waals surface area (Å²) >= 11 is 6.63. The van der Waals surface area contributed by atoms with Gasteiger partial charge in [-0.25, -0.2) is 0 Å². The van der Waals surface area contributed by atoms with E-state index >= 15 is 0 Å². The van der Waals surface area contributed by atoms with Gasteiger partial charge in [0.2, 0.25) is 0 Å². The molecule has 0 atom stereocenters. The molecule has 2 heteroatoms. The van der Waals surface area contributed by atoms with Crippen molar-refractivity contribution in [1.29, 1.82) is 0 Å². The Labute approximate surface area is 159 Å². The highest BCUT2D eigenvalue weighted by atomic mass is 35.6. The fraction of sp³-hybridized carbons (Fsp3) is 1.00. The molecule has 0 heterocycles. The van der Waals surface area contributed by atoms with Gasteiger partial charge in [-0.15, -0.1) is 0 Å². The quantitative estimate of drug-likeness (QED) is 0.162. The van der Waals surface area contributed by atoms with Gasteiger partial charge in [0, 0.05) is 0 Å². The molecule has 0 nitrogen and oxygen atoms in total. The number of rotatable bonds is 14. The summed E-state index contributed by atoms with van der Waals surface area (Å²) in [6.07, 6.45) is 24.8. The Kier molecular flexibility index (Phi) is 12.8. The normalized spacial score (nSPS) is 22.0. The van der Waals surface area contributed by atoms with E-state index in [-0.39, 0.29) is 0 Å². The molecule has 0 amide bonds. The van der Waals surface area contributed by atoms with Crippen LogP contribution in [0, 0.1) is 5.92 Å². The molecule has 0 aromatic heterocycles. The number of hydrogen-bond acceptors (Lipinski definition) is 0. The molecule has 144 valence electrons. The van der Waals surface area contributed by atoms with Crippen molar-refractivity contribution in [3.05, 3.63) is 0 Å². The van der Waals surface area contributed by atoms with E-state index in [4.69, 9.17) is 11.1 Å². The van der Waals surface area contributed by atoms with E-state index in [9.17, 15) is 0 Å². The molecule has 24 heavy (non-hydrogen) atoms. The van der Waals surface area contributed by atoms with Gasteiger partial charge in [-0.2, -0.15) is 11.1 Å². The summed E-state index contributed by atoms with van der Waals surface area (Å²) in [6.45, 7) is 6.97. The first kappa shape index (κ1) is 22.5. The van der Waals surface area contributed by atoms with Gasteiger partial charge in [0.05, 0.1) is 0 Å². The summed E-state index contributed by atoms with van der Waals surface area (Å²) in [5, 5.41) is 0. The molecule has 0 radical (unpaired) electrons. The van der Waals surface area contributed by atoms with E-state index in [1.54, 1.807) is 0 Å². The lowest BCUT2D eigenvalue weighted by Crippen LogP contribution is -2.29. The topological polar surface area (TPSA) is 0 Å². The first-order chi connectivity index (χ1) is 11.5. The van der Waals surface area contributed by atoms with Gasteiger partial charge >= 0.3 is 0 Å². The highest BCUT2D eigenvalue weighted by Crippen LogP contribution is 2.42. The van der Waals surface area contributed by atoms with Crippen molar-refractivity contribution in [2.24, 2.45) is 5.92 Å². The van der Waals surface area contributed by atoms with Gasteiger partial charge in [0.15, 0.2) is 7.38 Å². The molecular weight excluding hydrogens is 328 g/mol. The number of halogens is 1.